The monoisotopic (exact) mass is 603 g/mol. The summed E-state index contributed by atoms with van der Waals surface area (Å²) < 4.78 is 38.9. The van der Waals surface area contributed by atoms with Crippen LogP contribution in [0.2, 0.25) is 0 Å². The fraction of sp³-hybridized carbons (Fsp3) is 0.226. The van der Waals surface area contributed by atoms with Gasteiger partial charge in [0.25, 0.3) is 5.56 Å². The maximum Gasteiger partial charge on any atom is 0.337 e. The summed E-state index contributed by atoms with van der Waals surface area (Å²) in [6.07, 6.45) is 0. The average Bonchev–Trinajstić information content (AvgIpc) is 3.36. The normalized spacial score (nSPS) is 11.2. The number of nitrogens with zero attached hydrogens (tertiary/aromatic N) is 5. The predicted octanol–water partition coefficient (Wildman–Crippen LogP) is 3.88. The third kappa shape index (κ3) is 5.69. The molecule has 0 atom stereocenters. The average molecular weight is 604 g/mol. The second kappa shape index (κ2) is 12.5. The fourth-order valence-electron chi connectivity index (χ4n) is 4.92. The molecule has 13 heteroatoms. The zero-order chi connectivity index (χ0) is 31.5. The summed E-state index contributed by atoms with van der Waals surface area (Å²) in [6, 6.07) is 16.5. The van der Waals surface area contributed by atoms with Crippen LogP contribution in [0.15, 0.2) is 76.3 Å². The van der Waals surface area contributed by atoms with E-state index in [2.05, 4.69) is 10.6 Å². The lowest BCUT2D eigenvalue weighted by atomic mass is 10.2. The first kappa shape index (κ1) is 30.2. The summed E-state index contributed by atoms with van der Waals surface area (Å²) in [4.78, 5) is 42.0. The highest BCUT2D eigenvalue weighted by molar-refractivity contribution is 5.89. The maximum atomic E-state index is 15.5. The van der Waals surface area contributed by atoms with E-state index in [0.29, 0.717) is 23.6 Å². The third-order valence-corrected chi connectivity index (χ3v) is 6.92. The lowest BCUT2D eigenvalue weighted by Gasteiger charge is -2.15. The highest BCUT2D eigenvalue weighted by Gasteiger charge is 2.26. The van der Waals surface area contributed by atoms with Gasteiger partial charge in [-0.1, -0.05) is 24.3 Å². The zero-order valence-electron chi connectivity index (χ0n) is 24.6. The molecule has 2 amide bonds. The summed E-state index contributed by atoms with van der Waals surface area (Å²) in [5.41, 5.74) is -0.353. The van der Waals surface area contributed by atoms with Gasteiger partial charge in [-0.15, -0.1) is 5.10 Å². The van der Waals surface area contributed by atoms with Crippen molar-refractivity contribution in [2.24, 2.45) is 0 Å². The number of halogens is 2. The second-order valence-corrected chi connectivity index (χ2v) is 10.2. The van der Waals surface area contributed by atoms with Gasteiger partial charge in [0.05, 0.1) is 30.7 Å². The number of amides is 2. The lowest BCUT2D eigenvalue weighted by molar-refractivity contribution is 0.252. The van der Waals surface area contributed by atoms with E-state index in [0.717, 1.165) is 9.13 Å². The number of urea groups is 1. The third-order valence-electron chi connectivity index (χ3n) is 6.92. The molecule has 2 aromatic heterocycles. The van der Waals surface area contributed by atoms with Crippen LogP contribution in [0.25, 0.3) is 22.4 Å². The Bertz CT molecular complexity index is 1960. The summed E-state index contributed by atoms with van der Waals surface area (Å²) >= 11 is 0. The molecule has 0 aliphatic heterocycles. The molecule has 0 aliphatic carbocycles. The summed E-state index contributed by atoms with van der Waals surface area (Å²) in [5, 5.41) is 10.1. The fourth-order valence-corrected chi connectivity index (χ4v) is 4.92. The molecule has 3 aromatic carbocycles. The van der Waals surface area contributed by atoms with Gasteiger partial charge in [0.1, 0.15) is 11.2 Å². The van der Waals surface area contributed by atoms with E-state index < -0.39 is 22.9 Å². The highest BCUT2D eigenvalue weighted by atomic mass is 19.1. The minimum absolute atomic E-state index is 0.00387. The minimum atomic E-state index is -0.902. The smallest absolute Gasteiger partial charge is 0.337 e. The number of hydrogen-bond acceptors (Lipinski definition) is 6. The Labute approximate surface area is 250 Å². The summed E-state index contributed by atoms with van der Waals surface area (Å²) in [7, 11) is 4.89. The molecule has 5 rings (SSSR count). The van der Waals surface area contributed by atoms with Gasteiger partial charge >= 0.3 is 11.7 Å². The van der Waals surface area contributed by atoms with Gasteiger partial charge in [0.2, 0.25) is 0 Å². The van der Waals surface area contributed by atoms with Crippen LogP contribution in [0.4, 0.5) is 19.3 Å². The van der Waals surface area contributed by atoms with Crippen molar-refractivity contribution in [1.29, 1.82) is 0 Å². The molecule has 44 heavy (non-hydrogen) atoms. The van der Waals surface area contributed by atoms with Crippen molar-refractivity contribution in [2.75, 3.05) is 33.1 Å². The van der Waals surface area contributed by atoms with Crippen LogP contribution in [0, 0.1) is 11.6 Å². The van der Waals surface area contributed by atoms with Crippen LogP contribution in [0.1, 0.15) is 18.2 Å². The van der Waals surface area contributed by atoms with Gasteiger partial charge in [-0.2, -0.15) is 0 Å². The van der Waals surface area contributed by atoms with Crippen LogP contribution >= 0.6 is 0 Å². The van der Waals surface area contributed by atoms with Gasteiger partial charge < -0.3 is 20.3 Å². The Hall–Kier alpha value is -5.30. The lowest BCUT2D eigenvalue weighted by Crippen LogP contribution is -2.40. The molecular formula is C31H31F2N7O4. The first-order valence-corrected chi connectivity index (χ1v) is 13.8. The summed E-state index contributed by atoms with van der Waals surface area (Å²) in [5.74, 6) is -1.61. The van der Waals surface area contributed by atoms with E-state index in [4.69, 9.17) is 9.84 Å². The highest BCUT2D eigenvalue weighted by Crippen LogP contribution is 2.25. The SMILES string of the molecule is CCNC(=O)Nc1ccc(-n2nc3c(c2CN(C)C)c(=O)n(-c2cccc(OC)c2F)c(=O)n3Cc2ccccc2F)cc1. The van der Waals surface area contributed by atoms with Crippen LogP contribution in [0.3, 0.4) is 0 Å². The number of ether oxygens (including phenoxy) is 1. The number of anilines is 1. The molecule has 0 saturated carbocycles. The number of fused-ring (bicyclic) bond motifs is 1. The van der Waals surface area contributed by atoms with Crippen molar-refractivity contribution >= 4 is 22.8 Å². The first-order chi connectivity index (χ1) is 21.1. The molecule has 0 fully saturated rings. The van der Waals surface area contributed by atoms with E-state index >= 15 is 4.39 Å². The van der Waals surface area contributed by atoms with Crippen molar-refractivity contribution in [3.8, 4) is 17.1 Å². The second-order valence-electron chi connectivity index (χ2n) is 10.2. The van der Waals surface area contributed by atoms with Crippen LogP contribution in [-0.2, 0) is 13.1 Å². The molecule has 2 heterocycles. The van der Waals surface area contributed by atoms with E-state index in [1.165, 1.54) is 48.2 Å². The number of rotatable bonds is 9. The number of carbonyl (C=O) groups is 1. The van der Waals surface area contributed by atoms with E-state index in [9.17, 15) is 18.8 Å². The Morgan fingerprint density at radius 1 is 1.00 bits per heavy atom. The Balaban J connectivity index is 1.81. The van der Waals surface area contributed by atoms with Gasteiger partial charge in [0.15, 0.2) is 17.2 Å². The Kier molecular flexibility index (Phi) is 8.58. The zero-order valence-corrected chi connectivity index (χ0v) is 24.6. The van der Waals surface area contributed by atoms with Crippen molar-refractivity contribution < 1.29 is 18.3 Å². The molecular weight excluding hydrogens is 572 g/mol. The minimum Gasteiger partial charge on any atom is -0.494 e. The van der Waals surface area contributed by atoms with Crippen molar-refractivity contribution in [2.45, 2.75) is 20.0 Å². The van der Waals surface area contributed by atoms with Crippen molar-refractivity contribution in [3.63, 3.8) is 0 Å². The molecule has 0 bridgehead atoms. The number of methoxy groups -OCH3 is 1. The summed E-state index contributed by atoms with van der Waals surface area (Å²) in [6.45, 7) is 2.20. The first-order valence-electron chi connectivity index (χ1n) is 13.8. The van der Waals surface area contributed by atoms with Gasteiger partial charge in [-0.05, 0) is 63.5 Å². The van der Waals surface area contributed by atoms with Crippen molar-refractivity contribution in [3.05, 3.63) is 110 Å². The Morgan fingerprint density at radius 3 is 2.39 bits per heavy atom. The van der Waals surface area contributed by atoms with Crippen LogP contribution in [0.5, 0.6) is 5.75 Å². The van der Waals surface area contributed by atoms with Gasteiger partial charge in [0, 0.05) is 24.3 Å². The molecule has 0 spiro atoms. The molecule has 2 N–H and O–H groups in total. The molecule has 0 unspecified atom stereocenters. The van der Waals surface area contributed by atoms with Gasteiger partial charge in [-0.3, -0.25) is 9.36 Å². The van der Waals surface area contributed by atoms with E-state index in [1.54, 1.807) is 51.4 Å². The Morgan fingerprint density at radius 2 is 1.73 bits per heavy atom. The van der Waals surface area contributed by atoms with E-state index in [-0.39, 0.29) is 47.2 Å². The number of aromatic nitrogens is 4. The van der Waals surface area contributed by atoms with Gasteiger partial charge in [-0.25, -0.2) is 27.6 Å². The molecule has 0 saturated heterocycles. The van der Waals surface area contributed by atoms with Crippen LogP contribution < -0.4 is 26.6 Å². The number of benzene rings is 3. The molecule has 228 valence electrons. The van der Waals surface area contributed by atoms with E-state index in [1.807, 2.05) is 4.90 Å². The quantitative estimate of drug-likeness (QED) is 0.264. The number of nitrogens with one attached hydrogen (secondary N) is 2. The topological polar surface area (TPSA) is 115 Å². The predicted molar refractivity (Wildman–Crippen MR) is 163 cm³/mol. The molecule has 5 aromatic rings. The van der Waals surface area contributed by atoms with Crippen molar-refractivity contribution in [1.82, 2.24) is 29.1 Å². The maximum absolute atomic E-state index is 15.5. The molecule has 11 nitrogen and oxygen atoms in total. The largest absolute Gasteiger partial charge is 0.494 e. The molecule has 0 radical (unpaired) electrons. The number of carbonyl (C=O) groups excluding carboxylic acids is 1. The number of hydrogen-bond donors (Lipinski definition) is 2. The molecule has 0 aliphatic rings. The standard InChI is InChI=1S/C31H31F2N7O4/c1-5-34-30(42)35-20-13-15-21(16-14-20)40-24(18-37(2)3)26-28(36-40)38(17-19-9-6-7-10-22(19)32)31(43)39(29(26)41)23-11-8-12-25(44-4)27(23)33/h6-16H,5,17-18H2,1-4H3,(H2,34,35,42). The van der Waals surface area contributed by atoms with Crippen LogP contribution in [-0.4, -0.2) is 57.6 Å².